The van der Waals surface area contributed by atoms with E-state index in [-0.39, 0.29) is 29.2 Å². The number of rotatable bonds is 7. The number of nitro groups is 1. The molecule has 1 aliphatic heterocycles. The third kappa shape index (κ3) is 5.04. The van der Waals surface area contributed by atoms with Gasteiger partial charge in [-0.2, -0.15) is 0 Å². The minimum atomic E-state index is -1.13. The molecular formula is C25H19ClFN3O5. The molecule has 0 saturated carbocycles. The Hall–Kier alpha value is -4.11. The van der Waals surface area contributed by atoms with Gasteiger partial charge in [0.2, 0.25) is 5.91 Å². The van der Waals surface area contributed by atoms with Crippen LogP contribution in [0.15, 0.2) is 72.8 Å². The van der Waals surface area contributed by atoms with Crippen LogP contribution >= 0.6 is 11.6 Å². The zero-order chi connectivity index (χ0) is 25.1. The van der Waals surface area contributed by atoms with Crippen LogP contribution in [0.25, 0.3) is 0 Å². The molecule has 0 N–H and O–H groups in total. The number of hydrogen-bond acceptors (Lipinski definition) is 5. The number of anilines is 1. The van der Waals surface area contributed by atoms with E-state index in [0.717, 1.165) is 28.7 Å². The van der Waals surface area contributed by atoms with Gasteiger partial charge in [0.25, 0.3) is 17.5 Å². The van der Waals surface area contributed by atoms with Crippen molar-refractivity contribution in [3.8, 4) is 0 Å². The second kappa shape index (κ2) is 10.0. The molecule has 1 unspecified atom stereocenters. The highest BCUT2D eigenvalue weighted by Gasteiger charge is 2.44. The summed E-state index contributed by atoms with van der Waals surface area (Å²) in [6.45, 7) is 0.0835. The molecule has 3 aromatic rings. The number of hydrogen-bond donors (Lipinski definition) is 0. The van der Waals surface area contributed by atoms with E-state index in [2.05, 4.69) is 0 Å². The van der Waals surface area contributed by atoms with Crippen LogP contribution in [0.3, 0.4) is 0 Å². The molecule has 4 rings (SSSR count). The molecule has 3 aromatic carbocycles. The van der Waals surface area contributed by atoms with Crippen LogP contribution < -0.4 is 4.90 Å². The minimum Gasteiger partial charge on any atom is -0.326 e. The van der Waals surface area contributed by atoms with Gasteiger partial charge in [0.1, 0.15) is 16.9 Å². The summed E-state index contributed by atoms with van der Waals surface area (Å²) >= 11 is 5.89. The average Bonchev–Trinajstić information content (AvgIpc) is 3.14. The molecule has 0 aromatic heterocycles. The Morgan fingerprint density at radius 3 is 2.43 bits per heavy atom. The van der Waals surface area contributed by atoms with Crippen LogP contribution in [0.4, 0.5) is 15.8 Å². The normalized spacial score (nSPS) is 15.4. The topological polar surface area (TPSA) is 101 Å². The molecule has 1 atom stereocenters. The summed E-state index contributed by atoms with van der Waals surface area (Å²) in [4.78, 5) is 52.4. The maximum Gasteiger partial charge on any atom is 0.288 e. The first-order valence-corrected chi connectivity index (χ1v) is 11.1. The molecule has 35 heavy (non-hydrogen) atoms. The third-order valence-corrected chi connectivity index (χ3v) is 6.04. The van der Waals surface area contributed by atoms with Crippen molar-refractivity contribution in [3.05, 3.63) is 105 Å². The van der Waals surface area contributed by atoms with Crippen molar-refractivity contribution in [1.29, 1.82) is 0 Å². The first kappa shape index (κ1) is 24.0. The molecule has 10 heteroatoms. The predicted molar refractivity (Wildman–Crippen MR) is 127 cm³/mol. The summed E-state index contributed by atoms with van der Waals surface area (Å²) in [6, 6.07) is 16.7. The SMILES string of the molecule is O=C1CC(N(CCc2ccccc2)C(=O)c2ccc(Cl)c([N+](=O)[O-])c2)C(=O)N1c1ccc(F)cc1. The van der Waals surface area contributed by atoms with Crippen molar-refractivity contribution >= 4 is 40.7 Å². The van der Waals surface area contributed by atoms with Crippen molar-refractivity contribution in [2.24, 2.45) is 0 Å². The van der Waals surface area contributed by atoms with Gasteiger partial charge in [0, 0.05) is 18.2 Å². The minimum absolute atomic E-state index is 0.0327. The number of nitrogens with zero attached hydrogens (tertiary/aromatic N) is 3. The van der Waals surface area contributed by atoms with Crippen molar-refractivity contribution in [3.63, 3.8) is 0 Å². The Kier molecular flexibility index (Phi) is 6.88. The van der Waals surface area contributed by atoms with E-state index < -0.39 is 40.2 Å². The molecule has 8 nitrogen and oxygen atoms in total. The third-order valence-electron chi connectivity index (χ3n) is 5.72. The van der Waals surface area contributed by atoms with E-state index in [4.69, 9.17) is 11.6 Å². The van der Waals surface area contributed by atoms with Crippen LogP contribution in [0.2, 0.25) is 5.02 Å². The van der Waals surface area contributed by atoms with Crippen molar-refractivity contribution in [2.45, 2.75) is 18.9 Å². The van der Waals surface area contributed by atoms with E-state index in [9.17, 15) is 28.9 Å². The summed E-state index contributed by atoms with van der Waals surface area (Å²) in [7, 11) is 0. The van der Waals surface area contributed by atoms with Gasteiger partial charge in [-0.1, -0.05) is 41.9 Å². The largest absolute Gasteiger partial charge is 0.326 e. The second-order valence-electron chi connectivity index (χ2n) is 7.92. The maximum atomic E-state index is 13.5. The number of imide groups is 1. The lowest BCUT2D eigenvalue weighted by atomic mass is 10.1. The highest BCUT2D eigenvalue weighted by atomic mass is 35.5. The van der Waals surface area contributed by atoms with Crippen LogP contribution in [0, 0.1) is 15.9 Å². The number of amides is 3. The number of carbonyl (C=O) groups excluding carboxylic acids is 3. The Labute approximate surface area is 204 Å². The van der Waals surface area contributed by atoms with E-state index in [0.29, 0.717) is 6.42 Å². The van der Waals surface area contributed by atoms with Gasteiger partial charge in [-0.3, -0.25) is 24.5 Å². The van der Waals surface area contributed by atoms with Crippen LogP contribution in [0.5, 0.6) is 0 Å². The van der Waals surface area contributed by atoms with E-state index >= 15 is 0 Å². The van der Waals surface area contributed by atoms with Gasteiger partial charge in [0.15, 0.2) is 0 Å². The Morgan fingerprint density at radius 1 is 1.09 bits per heavy atom. The molecule has 3 amide bonds. The summed E-state index contributed by atoms with van der Waals surface area (Å²) in [5, 5.41) is 11.2. The lowest BCUT2D eigenvalue weighted by Crippen LogP contribution is -2.46. The molecule has 1 fully saturated rings. The van der Waals surface area contributed by atoms with Crippen molar-refractivity contribution in [1.82, 2.24) is 4.90 Å². The van der Waals surface area contributed by atoms with E-state index in [1.54, 1.807) is 0 Å². The van der Waals surface area contributed by atoms with Gasteiger partial charge in [-0.25, -0.2) is 9.29 Å². The molecule has 1 aliphatic rings. The molecule has 0 radical (unpaired) electrons. The highest BCUT2D eigenvalue weighted by Crippen LogP contribution is 2.29. The zero-order valence-electron chi connectivity index (χ0n) is 18.3. The molecule has 178 valence electrons. The number of carbonyl (C=O) groups is 3. The van der Waals surface area contributed by atoms with Crippen molar-refractivity contribution < 1.29 is 23.7 Å². The lowest BCUT2D eigenvalue weighted by Gasteiger charge is -2.28. The fraction of sp³-hybridized carbons (Fsp3) is 0.160. The predicted octanol–water partition coefficient (Wildman–Crippen LogP) is 4.40. The summed E-state index contributed by atoms with van der Waals surface area (Å²) < 4.78 is 13.3. The van der Waals surface area contributed by atoms with E-state index in [1.807, 2.05) is 30.3 Å². The zero-order valence-corrected chi connectivity index (χ0v) is 19.0. The Morgan fingerprint density at radius 2 is 1.77 bits per heavy atom. The summed E-state index contributed by atoms with van der Waals surface area (Å²) in [6.07, 6.45) is 0.114. The fourth-order valence-corrected chi connectivity index (χ4v) is 4.15. The van der Waals surface area contributed by atoms with Crippen LogP contribution in [0.1, 0.15) is 22.3 Å². The van der Waals surface area contributed by atoms with Gasteiger partial charge in [-0.15, -0.1) is 0 Å². The molecule has 0 aliphatic carbocycles. The van der Waals surface area contributed by atoms with Gasteiger partial charge >= 0.3 is 0 Å². The second-order valence-corrected chi connectivity index (χ2v) is 8.33. The van der Waals surface area contributed by atoms with Crippen LogP contribution in [-0.2, 0) is 16.0 Å². The number of benzene rings is 3. The van der Waals surface area contributed by atoms with Crippen molar-refractivity contribution in [2.75, 3.05) is 11.4 Å². The molecule has 0 spiro atoms. The smallest absolute Gasteiger partial charge is 0.288 e. The summed E-state index contributed by atoms with van der Waals surface area (Å²) in [5.41, 5.74) is 0.623. The highest BCUT2D eigenvalue weighted by molar-refractivity contribution is 6.32. The standard InChI is InChI=1S/C25H19ClFN3O5/c26-20-11-6-17(14-21(20)30(34)35)24(32)28(13-12-16-4-2-1-3-5-16)22-15-23(31)29(25(22)33)19-9-7-18(27)8-10-19/h1-11,14,22H,12-13,15H2. The summed E-state index contributed by atoms with van der Waals surface area (Å²) in [5.74, 6) is -2.33. The van der Waals surface area contributed by atoms with Gasteiger partial charge in [-0.05, 0) is 48.4 Å². The Balaban J connectivity index is 1.67. The average molecular weight is 496 g/mol. The molecule has 1 heterocycles. The number of nitro benzene ring substituents is 1. The fourth-order valence-electron chi connectivity index (χ4n) is 3.97. The quantitative estimate of drug-likeness (QED) is 0.274. The molecule has 1 saturated heterocycles. The van der Waals surface area contributed by atoms with Crippen LogP contribution in [-0.4, -0.2) is 40.1 Å². The first-order chi connectivity index (χ1) is 16.8. The Bertz CT molecular complexity index is 1300. The molecule has 0 bridgehead atoms. The first-order valence-electron chi connectivity index (χ1n) is 10.7. The van der Waals surface area contributed by atoms with E-state index in [1.165, 1.54) is 29.2 Å². The van der Waals surface area contributed by atoms with Gasteiger partial charge in [0.05, 0.1) is 17.0 Å². The number of halogens is 2. The lowest BCUT2D eigenvalue weighted by molar-refractivity contribution is -0.384. The monoisotopic (exact) mass is 495 g/mol. The van der Waals surface area contributed by atoms with Gasteiger partial charge < -0.3 is 4.90 Å². The maximum absolute atomic E-state index is 13.5. The molecular weight excluding hydrogens is 477 g/mol.